The highest BCUT2D eigenvalue weighted by molar-refractivity contribution is 7.88. The molecular weight excluding hydrogens is 352 g/mol. The molecule has 0 aliphatic rings. The number of pyridine rings is 1. The summed E-state index contributed by atoms with van der Waals surface area (Å²) >= 11 is 0. The van der Waals surface area contributed by atoms with Gasteiger partial charge in [-0.2, -0.15) is 0 Å². The van der Waals surface area contributed by atoms with Crippen molar-refractivity contribution in [1.82, 2.24) is 14.7 Å². The van der Waals surface area contributed by atoms with Crippen molar-refractivity contribution in [3.63, 3.8) is 0 Å². The van der Waals surface area contributed by atoms with Crippen LogP contribution in [-0.2, 0) is 27.1 Å². The van der Waals surface area contributed by atoms with E-state index in [1.165, 1.54) is 6.08 Å². The Kier molecular flexibility index (Phi) is 5.15. The molecule has 7 nitrogen and oxygen atoms in total. The van der Waals surface area contributed by atoms with Gasteiger partial charge >= 0.3 is 0 Å². The van der Waals surface area contributed by atoms with Gasteiger partial charge in [0.05, 0.1) is 5.75 Å². The van der Waals surface area contributed by atoms with Gasteiger partial charge in [-0.3, -0.25) is 4.79 Å². The Bertz CT molecular complexity index is 1040. The first-order valence-electron chi connectivity index (χ1n) is 7.87. The number of H-pyrrole nitrogens is 1. The number of nitrogens with zero attached hydrogens (tertiary/aromatic N) is 1. The van der Waals surface area contributed by atoms with Gasteiger partial charge in [0.25, 0.3) is 0 Å². The quantitative estimate of drug-likeness (QED) is 0.555. The van der Waals surface area contributed by atoms with Crippen molar-refractivity contribution in [1.29, 1.82) is 0 Å². The lowest BCUT2D eigenvalue weighted by atomic mass is 10.2. The zero-order chi connectivity index (χ0) is 18.6. The Hall–Kier alpha value is -2.97. The number of aromatic amines is 1. The molecule has 3 aromatic rings. The van der Waals surface area contributed by atoms with Gasteiger partial charge in [-0.15, -0.1) is 0 Å². The smallest absolute Gasteiger partial charge is 0.247 e. The summed E-state index contributed by atoms with van der Waals surface area (Å²) in [5, 5.41) is 3.50. The van der Waals surface area contributed by atoms with E-state index in [0.717, 1.165) is 16.6 Å². The van der Waals surface area contributed by atoms with Crippen molar-refractivity contribution in [2.75, 3.05) is 5.32 Å². The van der Waals surface area contributed by atoms with Gasteiger partial charge in [-0.1, -0.05) is 18.7 Å². The molecule has 0 fully saturated rings. The number of anilines is 1. The van der Waals surface area contributed by atoms with Crippen molar-refractivity contribution in [2.45, 2.75) is 12.3 Å². The van der Waals surface area contributed by atoms with Gasteiger partial charge in [0.2, 0.25) is 15.9 Å². The van der Waals surface area contributed by atoms with E-state index in [1.807, 2.05) is 6.07 Å². The summed E-state index contributed by atoms with van der Waals surface area (Å²) in [6, 6.07) is 10.3. The Labute approximate surface area is 151 Å². The van der Waals surface area contributed by atoms with Gasteiger partial charge in [-0.25, -0.2) is 18.1 Å². The fourth-order valence-corrected chi connectivity index (χ4v) is 3.62. The maximum atomic E-state index is 12.3. The highest BCUT2D eigenvalue weighted by atomic mass is 32.2. The molecule has 2 aromatic heterocycles. The highest BCUT2D eigenvalue weighted by Gasteiger charge is 2.13. The second-order valence-corrected chi connectivity index (χ2v) is 7.49. The lowest BCUT2D eigenvalue weighted by Crippen LogP contribution is -2.24. The zero-order valence-electron chi connectivity index (χ0n) is 13.9. The summed E-state index contributed by atoms with van der Waals surface area (Å²) in [6.07, 6.45) is 4.57. The number of fused-ring (bicyclic) bond motifs is 1. The molecule has 8 heteroatoms. The fraction of sp³-hybridized carbons (Fsp3) is 0.111. The van der Waals surface area contributed by atoms with Crippen molar-refractivity contribution in [3.8, 4) is 0 Å². The molecule has 0 bridgehead atoms. The number of rotatable bonds is 7. The van der Waals surface area contributed by atoms with Gasteiger partial charge in [-0.05, 0) is 41.5 Å². The molecule has 0 atom stereocenters. The van der Waals surface area contributed by atoms with E-state index in [1.54, 1.807) is 42.7 Å². The molecule has 134 valence electrons. The number of carbonyl (C=O) groups is 1. The molecule has 26 heavy (non-hydrogen) atoms. The average Bonchev–Trinajstić information content (AvgIpc) is 3.10. The second kappa shape index (κ2) is 7.51. The van der Waals surface area contributed by atoms with Crippen LogP contribution < -0.4 is 10.0 Å². The number of amides is 1. The Balaban J connectivity index is 1.64. The number of hydrogen-bond donors (Lipinski definition) is 3. The number of nitrogens with one attached hydrogen (secondary N) is 3. The highest BCUT2D eigenvalue weighted by Crippen LogP contribution is 2.16. The normalized spacial score (nSPS) is 11.4. The Morgan fingerprint density at radius 2 is 1.96 bits per heavy atom. The second-order valence-electron chi connectivity index (χ2n) is 5.68. The van der Waals surface area contributed by atoms with Gasteiger partial charge < -0.3 is 10.3 Å². The summed E-state index contributed by atoms with van der Waals surface area (Å²) in [4.78, 5) is 18.4. The minimum Gasteiger partial charge on any atom is -0.346 e. The molecule has 2 heterocycles. The predicted octanol–water partition coefficient (Wildman–Crippen LogP) is 2.31. The van der Waals surface area contributed by atoms with E-state index in [9.17, 15) is 13.2 Å². The van der Waals surface area contributed by atoms with Crippen LogP contribution in [0.4, 0.5) is 5.69 Å². The third-order valence-electron chi connectivity index (χ3n) is 3.80. The van der Waals surface area contributed by atoms with Gasteiger partial charge in [0.15, 0.2) is 0 Å². The molecule has 0 spiro atoms. The topological polar surface area (TPSA) is 104 Å². The molecule has 1 amide bonds. The Morgan fingerprint density at radius 3 is 2.69 bits per heavy atom. The van der Waals surface area contributed by atoms with Crippen molar-refractivity contribution in [3.05, 3.63) is 72.6 Å². The first kappa shape index (κ1) is 17.8. The molecule has 0 aliphatic heterocycles. The number of carbonyl (C=O) groups excluding carboxylic acids is 1. The van der Waals surface area contributed by atoms with E-state index in [2.05, 4.69) is 26.6 Å². The minimum atomic E-state index is -3.51. The molecule has 0 saturated carbocycles. The third kappa shape index (κ3) is 4.35. The lowest BCUT2D eigenvalue weighted by Gasteiger charge is -2.09. The van der Waals surface area contributed by atoms with Crippen LogP contribution in [-0.4, -0.2) is 24.3 Å². The molecule has 0 radical (unpaired) electrons. The van der Waals surface area contributed by atoms with Crippen LogP contribution in [0.2, 0.25) is 0 Å². The molecular formula is C18H18N4O3S. The third-order valence-corrected chi connectivity index (χ3v) is 5.09. The maximum absolute atomic E-state index is 12.3. The fourth-order valence-electron chi connectivity index (χ4n) is 2.51. The first-order valence-corrected chi connectivity index (χ1v) is 9.53. The monoisotopic (exact) mass is 370 g/mol. The molecule has 3 N–H and O–H groups in total. The summed E-state index contributed by atoms with van der Waals surface area (Å²) in [6.45, 7) is 3.57. The van der Waals surface area contributed by atoms with Crippen LogP contribution in [0, 0.1) is 0 Å². The van der Waals surface area contributed by atoms with E-state index >= 15 is 0 Å². The van der Waals surface area contributed by atoms with Crippen LogP contribution >= 0.6 is 0 Å². The predicted molar refractivity (Wildman–Crippen MR) is 101 cm³/mol. The zero-order valence-corrected chi connectivity index (χ0v) is 14.7. The van der Waals surface area contributed by atoms with E-state index in [4.69, 9.17) is 0 Å². The van der Waals surface area contributed by atoms with Crippen molar-refractivity contribution < 1.29 is 13.2 Å². The Morgan fingerprint density at radius 1 is 1.19 bits per heavy atom. The number of sulfonamides is 1. The lowest BCUT2D eigenvalue weighted by molar-refractivity contribution is -0.111. The van der Waals surface area contributed by atoms with Gasteiger partial charge in [0, 0.05) is 30.0 Å². The minimum absolute atomic E-state index is 0.149. The first-order chi connectivity index (χ1) is 12.5. The summed E-state index contributed by atoms with van der Waals surface area (Å²) in [7, 11) is -3.51. The van der Waals surface area contributed by atoms with Gasteiger partial charge in [0.1, 0.15) is 5.65 Å². The molecule has 0 aliphatic carbocycles. The van der Waals surface area contributed by atoms with Crippen LogP contribution in [0.1, 0.15) is 11.1 Å². The summed E-state index contributed by atoms with van der Waals surface area (Å²) < 4.78 is 27.3. The van der Waals surface area contributed by atoms with E-state index in [0.29, 0.717) is 11.3 Å². The molecule has 0 saturated heterocycles. The summed E-state index contributed by atoms with van der Waals surface area (Å²) in [5.74, 6) is -0.468. The summed E-state index contributed by atoms with van der Waals surface area (Å²) in [5.41, 5.74) is 2.77. The number of aromatic nitrogens is 2. The number of hydrogen-bond acceptors (Lipinski definition) is 4. The standard InChI is InChI=1S/C18H18N4O3S/c1-2-17(23)22-15-5-3-13(4-6-15)12-26(24,25)21-11-14-7-9-19-18-16(14)8-10-20-18/h2-10,21H,1,11-12H2,(H,19,20)(H,22,23). The van der Waals surface area contributed by atoms with Crippen LogP contribution in [0.5, 0.6) is 0 Å². The average molecular weight is 370 g/mol. The van der Waals surface area contributed by atoms with Crippen LogP contribution in [0.25, 0.3) is 11.0 Å². The van der Waals surface area contributed by atoms with E-state index < -0.39 is 10.0 Å². The SMILES string of the molecule is C=CC(=O)Nc1ccc(CS(=O)(=O)NCc2ccnc3[nH]ccc23)cc1. The number of benzene rings is 1. The van der Waals surface area contributed by atoms with E-state index in [-0.39, 0.29) is 18.2 Å². The van der Waals surface area contributed by atoms with Crippen molar-refractivity contribution >= 4 is 32.7 Å². The molecule has 3 rings (SSSR count). The van der Waals surface area contributed by atoms with Crippen molar-refractivity contribution in [2.24, 2.45) is 0 Å². The molecule has 1 aromatic carbocycles. The maximum Gasteiger partial charge on any atom is 0.247 e. The molecule has 0 unspecified atom stereocenters. The van der Waals surface area contributed by atoms with Crippen LogP contribution in [0.3, 0.4) is 0 Å². The van der Waals surface area contributed by atoms with Crippen LogP contribution in [0.15, 0.2) is 61.4 Å². The largest absolute Gasteiger partial charge is 0.346 e.